The van der Waals surface area contributed by atoms with Crippen molar-refractivity contribution in [2.24, 2.45) is 0 Å². The van der Waals surface area contributed by atoms with E-state index in [1.165, 1.54) is 6.26 Å². The molecule has 6 nitrogen and oxygen atoms in total. The van der Waals surface area contributed by atoms with Gasteiger partial charge in [0.15, 0.2) is 0 Å². The number of carbonyl (C=O) groups excluding carboxylic acids is 2. The molecule has 2 N–H and O–H groups in total. The molecule has 0 aliphatic heterocycles. The molecule has 0 saturated carbocycles. The van der Waals surface area contributed by atoms with Crippen molar-refractivity contribution in [1.82, 2.24) is 10.9 Å². The number of ether oxygens (including phenoxy) is 1. The van der Waals surface area contributed by atoms with Gasteiger partial charge in [0.2, 0.25) is 5.91 Å². The highest BCUT2D eigenvalue weighted by atomic mass is 16.5. The summed E-state index contributed by atoms with van der Waals surface area (Å²) in [4.78, 5) is 24.2. The molecular formula is C19H18N2O4. The number of aryl methyl sites for hydroxylation is 1. The second kappa shape index (κ2) is 7.09. The van der Waals surface area contributed by atoms with Crippen LogP contribution in [0.2, 0.25) is 0 Å². The minimum Gasteiger partial charge on any atom is -0.497 e. The molecule has 2 aromatic carbocycles. The maximum absolute atomic E-state index is 12.1. The van der Waals surface area contributed by atoms with E-state index < -0.39 is 0 Å². The molecule has 0 fully saturated rings. The Morgan fingerprint density at radius 3 is 2.68 bits per heavy atom. The third-order valence-corrected chi connectivity index (χ3v) is 3.92. The zero-order valence-electron chi connectivity index (χ0n) is 14.0. The normalized spacial score (nSPS) is 10.5. The number of hydrazine groups is 1. The molecule has 2 amide bonds. The van der Waals surface area contributed by atoms with Crippen LogP contribution in [0.3, 0.4) is 0 Å². The van der Waals surface area contributed by atoms with Crippen molar-refractivity contribution in [3.8, 4) is 5.75 Å². The zero-order chi connectivity index (χ0) is 17.8. The van der Waals surface area contributed by atoms with E-state index in [1.54, 1.807) is 31.4 Å². The Bertz CT molecular complexity index is 930. The molecule has 0 radical (unpaired) electrons. The molecular weight excluding hydrogens is 320 g/mol. The fourth-order valence-corrected chi connectivity index (χ4v) is 2.57. The first-order chi connectivity index (χ1) is 12.1. The van der Waals surface area contributed by atoms with Gasteiger partial charge in [0.25, 0.3) is 5.91 Å². The van der Waals surface area contributed by atoms with Gasteiger partial charge in [-0.1, -0.05) is 18.2 Å². The lowest BCUT2D eigenvalue weighted by Crippen LogP contribution is -2.42. The van der Waals surface area contributed by atoms with Gasteiger partial charge in [-0.25, -0.2) is 0 Å². The van der Waals surface area contributed by atoms with E-state index in [0.717, 1.165) is 16.5 Å². The standard InChI is InChI=1S/C19H18N2O4/c1-12-5-3-4-6-15(12)19(23)21-20-18(22)9-13-11-25-17-10-14(24-2)7-8-16(13)17/h3-8,10-11H,9H2,1-2H3,(H,20,22)(H,21,23). The average Bonchev–Trinajstić information content (AvgIpc) is 3.02. The van der Waals surface area contributed by atoms with Crippen molar-refractivity contribution in [3.05, 3.63) is 65.4 Å². The van der Waals surface area contributed by atoms with Crippen LogP contribution in [0, 0.1) is 6.92 Å². The lowest BCUT2D eigenvalue weighted by Gasteiger charge is -2.08. The van der Waals surface area contributed by atoms with E-state index >= 15 is 0 Å². The summed E-state index contributed by atoms with van der Waals surface area (Å²) in [6.07, 6.45) is 1.63. The Morgan fingerprint density at radius 2 is 1.92 bits per heavy atom. The molecule has 25 heavy (non-hydrogen) atoms. The largest absolute Gasteiger partial charge is 0.497 e. The number of amides is 2. The first-order valence-electron chi connectivity index (χ1n) is 7.77. The molecule has 1 aromatic heterocycles. The van der Waals surface area contributed by atoms with Crippen molar-refractivity contribution >= 4 is 22.8 Å². The quantitative estimate of drug-likeness (QED) is 0.717. The molecule has 3 rings (SSSR count). The molecule has 0 atom stereocenters. The van der Waals surface area contributed by atoms with E-state index in [9.17, 15) is 9.59 Å². The molecule has 6 heteroatoms. The highest BCUT2D eigenvalue weighted by Crippen LogP contribution is 2.25. The number of carbonyl (C=O) groups is 2. The van der Waals surface area contributed by atoms with Crippen LogP contribution < -0.4 is 15.6 Å². The number of furan rings is 1. The highest BCUT2D eigenvalue weighted by Gasteiger charge is 2.13. The van der Waals surface area contributed by atoms with Crippen molar-refractivity contribution < 1.29 is 18.7 Å². The third-order valence-electron chi connectivity index (χ3n) is 3.92. The topological polar surface area (TPSA) is 80.6 Å². The minimum absolute atomic E-state index is 0.0907. The van der Waals surface area contributed by atoms with Crippen LogP contribution in [0.1, 0.15) is 21.5 Å². The lowest BCUT2D eigenvalue weighted by molar-refractivity contribution is -0.121. The SMILES string of the molecule is COc1ccc2c(CC(=O)NNC(=O)c3ccccc3C)coc2c1. The van der Waals surface area contributed by atoms with Gasteiger partial charge in [0.05, 0.1) is 19.8 Å². The number of fused-ring (bicyclic) bond motifs is 1. The van der Waals surface area contributed by atoms with Crippen LogP contribution in [0.15, 0.2) is 53.1 Å². The number of methoxy groups -OCH3 is 1. The Kier molecular flexibility index (Phi) is 4.70. The van der Waals surface area contributed by atoms with E-state index in [0.29, 0.717) is 16.9 Å². The molecule has 0 aliphatic rings. The number of rotatable bonds is 4. The summed E-state index contributed by atoms with van der Waals surface area (Å²) in [6.45, 7) is 1.84. The first kappa shape index (κ1) is 16.6. The Labute approximate surface area is 144 Å². The molecule has 128 valence electrons. The third kappa shape index (κ3) is 3.63. The molecule has 0 spiro atoms. The van der Waals surface area contributed by atoms with Crippen LogP contribution >= 0.6 is 0 Å². The predicted octanol–water partition coefficient (Wildman–Crippen LogP) is 2.75. The van der Waals surface area contributed by atoms with Crippen molar-refractivity contribution in [3.63, 3.8) is 0 Å². The average molecular weight is 338 g/mol. The maximum Gasteiger partial charge on any atom is 0.269 e. The summed E-state index contributed by atoms with van der Waals surface area (Å²) in [7, 11) is 1.58. The van der Waals surface area contributed by atoms with Gasteiger partial charge in [-0.3, -0.25) is 20.4 Å². The molecule has 0 unspecified atom stereocenters. The monoisotopic (exact) mass is 338 g/mol. The predicted molar refractivity (Wildman–Crippen MR) is 93.3 cm³/mol. The highest BCUT2D eigenvalue weighted by molar-refractivity contribution is 5.97. The number of hydrogen-bond donors (Lipinski definition) is 2. The second-order valence-corrected chi connectivity index (χ2v) is 5.62. The van der Waals surface area contributed by atoms with E-state index in [-0.39, 0.29) is 18.2 Å². The molecule has 1 heterocycles. The van der Waals surface area contributed by atoms with Gasteiger partial charge in [-0.2, -0.15) is 0 Å². The lowest BCUT2D eigenvalue weighted by atomic mass is 10.1. The summed E-state index contributed by atoms with van der Waals surface area (Å²) >= 11 is 0. The fourth-order valence-electron chi connectivity index (χ4n) is 2.57. The Balaban J connectivity index is 1.63. The van der Waals surface area contributed by atoms with E-state index in [4.69, 9.17) is 9.15 Å². The summed E-state index contributed by atoms with van der Waals surface area (Å²) < 4.78 is 10.6. The number of benzene rings is 2. The van der Waals surface area contributed by atoms with Crippen LogP contribution in [-0.4, -0.2) is 18.9 Å². The van der Waals surface area contributed by atoms with Gasteiger partial charge in [-0.15, -0.1) is 0 Å². The Hall–Kier alpha value is -3.28. The van der Waals surface area contributed by atoms with Crippen molar-refractivity contribution in [1.29, 1.82) is 0 Å². The first-order valence-corrected chi connectivity index (χ1v) is 7.77. The summed E-state index contributed by atoms with van der Waals surface area (Å²) in [6, 6.07) is 12.6. The van der Waals surface area contributed by atoms with E-state index in [1.807, 2.05) is 25.1 Å². The number of hydrogen-bond acceptors (Lipinski definition) is 4. The van der Waals surface area contributed by atoms with Gasteiger partial charge < -0.3 is 9.15 Å². The van der Waals surface area contributed by atoms with Crippen LogP contribution in [-0.2, 0) is 11.2 Å². The Morgan fingerprint density at radius 1 is 1.12 bits per heavy atom. The van der Waals surface area contributed by atoms with Crippen LogP contribution in [0.4, 0.5) is 0 Å². The molecule has 3 aromatic rings. The molecule has 0 bridgehead atoms. The summed E-state index contributed by atoms with van der Waals surface area (Å²) in [5.41, 5.74) is 7.59. The summed E-state index contributed by atoms with van der Waals surface area (Å²) in [5.74, 6) is -0.00274. The van der Waals surface area contributed by atoms with Crippen molar-refractivity contribution in [2.75, 3.05) is 7.11 Å². The maximum atomic E-state index is 12.1. The van der Waals surface area contributed by atoms with Gasteiger partial charge >= 0.3 is 0 Å². The minimum atomic E-state index is -0.353. The van der Waals surface area contributed by atoms with Crippen molar-refractivity contribution in [2.45, 2.75) is 13.3 Å². The van der Waals surface area contributed by atoms with E-state index in [2.05, 4.69) is 10.9 Å². The van der Waals surface area contributed by atoms with Gasteiger partial charge in [-0.05, 0) is 30.7 Å². The number of nitrogens with one attached hydrogen (secondary N) is 2. The van der Waals surface area contributed by atoms with Gasteiger partial charge in [0.1, 0.15) is 11.3 Å². The zero-order valence-corrected chi connectivity index (χ0v) is 14.0. The fraction of sp³-hybridized carbons (Fsp3) is 0.158. The van der Waals surface area contributed by atoms with Crippen LogP contribution in [0.5, 0.6) is 5.75 Å². The second-order valence-electron chi connectivity index (χ2n) is 5.62. The smallest absolute Gasteiger partial charge is 0.269 e. The van der Waals surface area contributed by atoms with Gasteiger partial charge in [0, 0.05) is 22.6 Å². The van der Waals surface area contributed by atoms with Crippen LogP contribution in [0.25, 0.3) is 11.0 Å². The molecule has 0 saturated heterocycles. The summed E-state index contributed by atoms with van der Waals surface area (Å²) in [5, 5.41) is 0.834. The molecule has 0 aliphatic carbocycles.